The van der Waals surface area contributed by atoms with Crippen LogP contribution < -0.4 is 5.32 Å². The number of carbonyl (C=O) groups excluding carboxylic acids is 1. The van der Waals surface area contributed by atoms with E-state index in [1.165, 1.54) is 0 Å². The van der Waals surface area contributed by atoms with Crippen LogP contribution in [0.3, 0.4) is 0 Å². The summed E-state index contributed by atoms with van der Waals surface area (Å²) in [4.78, 5) is 15.7. The van der Waals surface area contributed by atoms with Gasteiger partial charge in [-0.1, -0.05) is 0 Å². The average molecular weight is 206 g/mol. The molecule has 0 saturated carbocycles. The van der Waals surface area contributed by atoms with E-state index in [2.05, 4.69) is 16.2 Å². The van der Waals surface area contributed by atoms with Crippen LogP contribution in [-0.2, 0) is 0 Å². The lowest BCUT2D eigenvalue weighted by Gasteiger charge is -2.08. The van der Waals surface area contributed by atoms with E-state index in [0.29, 0.717) is 18.0 Å². The van der Waals surface area contributed by atoms with E-state index < -0.39 is 0 Å². The number of rotatable bonds is 3. The maximum Gasteiger partial charge on any atom is 0.289 e. The van der Waals surface area contributed by atoms with Crippen molar-refractivity contribution in [3.8, 4) is 12.3 Å². The molecule has 1 rings (SSSR count). The zero-order valence-electron chi connectivity index (χ0n) is 9.13. The fourth-order valence-electron chi connectivity index (χ4n) is 1.26. The van der Waals surface area contributed by atoms with Crippen molar-refractivity contribution in [2.45, 2.75) is 33.2 Å². The van der Waals surface area contributed by atoms with Gasteiger partial charge in [0, 0.05) is 19.4 Å². The summed E-state index contributed by atoms with van der Waals surface area (Å²) < 4.78 is 5.18. The van der Waals surface area contributed by atoms with Crippen LogP contribution >= 0.6 is 0 Å². The number of aromatic nitrogens is 1. The van der Waals surface area contributed by atoms with Gasteiger partial charge in [-0.05, 0) is 13.8 Å². The van der Waals surface area contributed by atoms with E-state index in [4.69, 9.17) is 10.8 Å². The van der Waals surface area contributed by atoms with E-state index in [0.717, 1.165) is 0 Å². The molecule has 1 aromatic rings. The third-order valence-electron chi connectivity index (χ3n) is 1.91. The van der Waals surface area contributed by atoms with Gasteiger partial charge in [0.15, 0.2) is 5.89 Å². The molecule has 1 heterocycles. The molecule has 0 aliphatic rings. The van der Waals surface area contributed by atoms with E-state index in [9.17, 15) is 4.79 Å². The van der Waals surface area contributed by atoms with Gasteiger partial charge in [-0.25, -0.2) is 4.98 Å². The predicted octanol–water partition coefficient (Wildman–Crippen LogP) is 1.43. The van der Waals surface area contributed by atoms with Gasteiger partial charge in [-0.15, -0.1) is 12.3 Å². The minimum absolute atomic E-state index is 0.0627. The number of hydrogen-bond acceptors (Lipinski definition) is 3. The first-order valence-electron chi connectivity index (χ1n) is 4.73. The Morgan fingerprint density at radius 2 is 2.33 bits per heavy atom. The predicted molar refractivity (Wildman–Crippen MR) is 56.4 cm³/mol. The third kappa shape index (κ3) is 2.84. The SMILES string of the molecule is C#CCC(C)NC(=O)c1oc(C)nc1C. The molecule has 0 bridgehead atoms. The van der Waals surface area contributed by atoms with Crippen LogP contribution in [0.1, 0.15) is 35.5 Å². The molecule has 0 spiro atoms. The molecule has 1 aromatic heterocycles. The number of nitrogens with zero attached hydrogens (tertiary/aromatic N) is 1. The average Bonchev–Trinajstić information content (AvgIpc) is 2.45. The highest BCUT2D eigenvalue weighted by Crippen LogP contribution is 2.09. The van der Waals surface area contributed by atoms with E-state index in [1.54, 1.807) is 13.8 Å². The normalized spacial score (nSPS) is 11.9. The maximum atomic E-state index is 11.7. The second-order valence-electron chi connectivity index (χ2n) is 3.43. The first-order chi connectivity index (χ1) is 7.04. The Balaban J connectivity index is 2.70. The van der Waals surface area contributed by atoms with E-state index in [1.807, 2.05) is 6.92 Å². The summed E-state index contributed by atoms with van der Waals surface area (Å²) in [6.07, 6.45) is 5.64. The minimum atomic E-state index is -0.268. The van der Waals surface area contributed by atoms with Crippen LogP contribution in [0, 0.1) is 26.2 Å². The van der Waals surface area contributed by atoms with Gasteiger partial charge in [0.05, 0.1) is 5.69 Å². The molecule has 4 heteroatoms. The Kier molecular flexibility index (Phi) is 3.51. The fourth-order valence-corrected chi connectivity index (χ4v) is 1.26. The van der Waals surface area contributed by atoms with Crippen LogP contribution in [0.2, 0.25) is 0 Å². The first-order valence-corrected chi connectivity index (χ1v) is 4.73. The zero-order valence-corrected chi connectivity index (χ0v) is 9.13. The molecular weight excluding hydrogens is 192 g/mol. The molecular formula is C11H14N2O2. The van der Waals surface area contributed by atoms with Crippen LogP contribution in [0.15, 0.2) is 4.42 Å². The molecule has 0 aliphatic heterocycles. The number of carbonyl (C=O) groups is 1. The molecule has 1 amide bonds. The number of amides is 1. The van der Waals surface area contributed by atoms with Crippen molar-refractivity contribution in [1.29, 1.82) is 0 Å². The van der Waals surface area contributed by atoms with Crippen molar-refractivity contribution in [3.05, 3.63) is 17.3 Å². The molecule has 0 radical (unpaired) electrons. The summed E-state index contributed by atoms with van der Waals surface area (Å²) in [5.41, 5.74) is 0.595. The number of hydrogen-bond donors (Lipinski definition) is 1. The topological polar surface area (TPSA) is 55.1 Å². The number of nitrogens with one attached hydrogen (secondary N) is 1. The molecule has 15 heavy (non-hydrogen) atoms. The molecule has 1 atom stereocenters. The second kappa shape index (κ2) is 4.65. The quantitative estimate of drug-likeness (QED) is 0.761. The Labute approximate surface area is 89.1 Å². The Morgan fingerprint density at radius 1 is 1.67 bits per heavy atom. The van der Waals surface area contributed by atoms with Gasteiger partial charge in [0.25, 0.3) is 5.91 Å². The highest BCUT2D eigenvalue weighted by Gasteiger charge is 2.17. The van der Waals surface area contributed by atoms with Crippen molar-refractivity contribution < 1.29 is 9.21 Å². The van der Waals surface area contributed by atoms with E-state index >= 15 is 0 Å². The third-order valence-corrected chi connectivity index (χ3v) is 1.91. The van der Waals surface area contributed by atoms with Crippen LogP contribution in [0.4, 0.5) is 0 Å². The number of oxazole rings is 1. The number of aryl methyl sites for hydroxylation is 2. The van der Waals surface area contributed by atoms with Crippen molar-refractivity contribution in [2.75, 3.05) is 0 Å². The van der Waals surface area contributed by atoms with Crippen LogP contribution in [0.5, 0.6) is 0 Å². The summed E-state index contributed by atoms with van der Waals surface area (Å²) in [6.45, 7) is 5.28. The first kappa shape index (κ1) is 11.3. The molecule has 0 aromatic carbocycles. The largest absolute Gasteiger partial charge is 0.436 e. The van der Waals surface area contributed by atoms with Crippen LogP contribution in [0.25, 0.3) is 0 Å². The number of terminal acetylenes is 1. The van der Waals surface area contributed by atoms with Gasteiger partial charge in [-0.3, -0.25) is 4.79 Å². The zero-order chi connectivity index (χ0) is 11.4. The Morgan fingerprint density at radius 3 is 2.80 bits per heavy atom. The van der Waals surface area contributed by atoms with Gasteiger partial charge >= 0.3 is 0 Å². The van der Waals surface area contributed by atoms with Gasteiger partial charge in [-0.2, -0.15) is 0 Å². The lowest BCUT2D eigenvalue weighted by atomic mass is 10.2. The lowest BCUT2D eigenvalue weighted by Crippen LogP contribution is -2.32. The Hall–Kier alpha value is -1.76. The van der Waals surface area contributed by atoms with Crippen molar-refractivity contribution in [3.63, 3.8) is 0 Å². The summed E-state index contributed by atoms with van der Waals surface area (Å²) in [5, 5.41) is 2.74. The lowest BCUT2D eigenvalue weighted by molar-refractivity contribution is 0.0910. The molecule has 4 nitrogen and oxygen atoms in total. The molecule has 0 aliphatic carbocycles. The van der Waals surface area contributed by atoms with Gasteiger partial charge < -0.3 is 9.73 Å². The van der Waals surface area contributed by atoms with Gasteiger partial charge in [0.2, 0.25) is 5.76 Å². The minimum Gasteiger partial charge on any atom is -0.436 e. The van der Waals surface area contributed by atoms with E-state index in [-0.39, 0.29) is 17.7 Å². The Bertz CT molecular complexity index is 401. The summed E-state index contributed by atoms with van der Waals surface area (Å²) in [5.74, 6) is 2.96. The summed E-state index contributed by atoms with van der Waals surface area (Å²) >= 11 is 0. The highest BCUT2D eigenvalue weighted by molar-refractivity contribution is 5.92. The maximum absolute atomic E-state index is 11.7. The summed E-state index contributed by atoms with van der Waals surface area (Å²) in [6, 6.07) is -0.0627. The van der Waals surface area contributed by atoms with Crippen molar-refractivity contribution in [2.24, 2.45) is 0 Å². The standard InChI is InChI=1S/C11H14N2O2/c1-5-6-7(2)12-11(14)10-8(3)13-9(4)15-10/h1,7H,6H2,2-4H3,(H,12,14). The second-order valence-corrected chi connectivity index (χ2v) is 3.43. The summed E-state index contributed by atoms with van der Waals surface area (Å²) in [7, 11) is 0. The van der Waals surface area contributed by atoms with Crippen molar-refractivity contribution >= 4 is 5.91 Å². The molecule has 80 valence electrons. The molecule has 0 fully saturated rings. The monoisotopic (exact) mass is 206 g/mol. The molecule has 1 unspecified atom stereocenters. The van der Waals surface area contributed by atoms with Gasteiger partial charge in [0.1, 0.15) is 0 Å². The molecule has 1 N–H and O–H groups in total. The van der Waals surface area contributed by atoms with Crippen molar-refractivity contribution in [1.82, 2.24) is 10.3 Å². The smallest absolute Gasteiger partial charge is 0.289 e. The molecule has 0 saturated heterocycles. The van der Waals surface area contributed by atoms with Crippen LogP contribution in [-0.4, -0.2) is 16.9 Å². The highest BCUT2D eigenvalue weighted by atomic mass is 16.4. The fraction of sp³-hybridized carbons (Fsp3) is 0.455.